The summed E-state index contributed by atoms with van der Waals surface area (Å²) in [5.74, 6) is 0. The molecule has 0 atom stereocenters. The molecule has 3 nitrogen and oxygen atoms in total. The van der Waals surface area contributed by atoms with Crippen molar-refractivity contribution in [3.8, 4) is 33.4 Å². The van der Waals surface area contributed by atoms with Gasteiger partial charge in [0.05, 0.1) is 18.2 Å². The fraction of sp³-hybridized carbons (Fsp3) is 0.125. The molecule has 8 aromatic carbocycles. The molecule has 2 aromatic heterocycles. The number of aromatic nitrogens is 3. The first-order valence-corrected chi connectivity index (χ1v) is 23.4. The van der Waals surface area contributed by atoms with Crippen molar-refractivity contribution in [3.63, 3.8) is 0 Å². The molecule has 0 spiro atoms. The predicted molar refractivity (Wildman–Crippen MR) is 267 cm³/mol. The van der Waals surface area contributed by atoms with Gasteiger partial charge in [0.1, 0.15) is 5.54 Å². The molecule has 330 valence electrons. The fourth-order valence-corrected chi connectivity index (χ4v) is 12.3. The van der Waals surface area contributed by atoms with Gasteiger partial charge in [0.25, 0.3) is 0 Å². The maximum atomic E-state index is 5.35. The fourth-order valence-electron chi connectivity index (χ4n) is 12.3. The quantitative estimate of drug-likeness (QED) is 0.120. The number of nitrogens with zero attached hydrogens (tertiary/aromatic N) is 3. The first-order chi connectivity index (χ1) is 32.8. The smallest absolute Gasteiger partial charge is 0.204 e. The second-order valence-corrected chi connectivity index (χ2v) is 19.5. The zero-order chi connectivity index (χ0) is 45.1. The van der Waals surface area contributed by atoms with Crippen molar-refractivity contribution >= 4 is 0 Å². The Hall–Kier alpha value is -7.19. The number of rotatable bonds is 6. The Morgan fingerprint density at radius 1 is 0.456 bits per heavy atom. The number of aryl methyl sites for hydroxylation is 1. The third-order valence-electron chi connectivity index (χ3n) is 15.1. The summed E-state index contributed by atoms with van der Waals surface area (Å²) >= 11 is 0. The van der Waals surface area contributed by atoms with Gasteiger partial charge in [-0.05, 0) is 91.1 Å². The Balaban J connectivity index is 0.00000480. The van der Waals surface area contributed by atoms with Crippen LogP contribution in [-0.2, 0) is 49.9 Å². The van der Waals surface area contributed by atoms with Gasteiger partial charge in [0.15, 0.2) is 0 Å². The van der Waals surface area contributed by atoms with Crippen LogP contribution in [0.15, 0.2) is 213 Å². The van der Waals surface area contributed by atoms with Crippen LogP contribution in [0, 0.1) is 18.5 Å². The van der Waals surface area contributed by atoms with E-state index in [0.717, 1.165) is 27.9 Å². The number of benzene rings is 8. The molecule has 0 N–H and O–H groups in total. The summed E-state index contributed by atoms with van der Waals surface area (Å²) in [6.45, 7) is 6.85. The standard InChI is InChI=1S/C64H47N3.Pt/c1-61(2,3)43-35-36-65-60(41-43)63(56-31-13-7-25-50(56)51-26-8-14-32-57(51)63)46-21-17-19-44(39-46)62(54-29-11-5-23-48(54)49-24-6-12-30-55(49)62)45-20-18-22-47(40-45)64(67-38-37-66(4)42-67)58-33-15-9-27-52(58)53-28-10-16-34-59(53)64;/h5-38,41H,1-4H3;/q-2;. The maximum Gasteiger partial charge on any atom is 0.204 e. The van der Waals surface area contributed by atoms with Crippen molar-refractivity contribution < 1.29 is 25.6 Å². The molecule has 0 bridgehead atoms. The molecular formula is C64H47N3Pt-2. The van der Waals surface area contributed by atoms with E-state index in [2.05, 4.69) is 250 Å². The second-order valence-electron chi connectivity index (χ2n) is 19.5. The van der Waals surface area contributed by atoms with Gasteiger partial charge in [-0.3, -0.25) is 4.98 Å². The summed E-state index contributed by atoms with van der Waals surface area (Å²) < 4.78 is 4.28. The first kappa shape index (κ1) is 42.2. The topological polar surface area (TPSA) is 21.7 Å². The van der Waals surface area contributed by atoms with Crippen LogP contribution in [0.2, 0.25) is 0 Å². The monoisotopic (exact) mass is 1050 g/mol. The van der Waals surface area contributed by atoms with E-state index < -0.39 is 16.4 Å². The molecular weight excluding hydrogens is 1010 g/mol. The maximum absolute atomic E-state index is 5.35. The minimum atomic E-state index is -0.803. The van der Waals surface area contributed by atoms with Crippen LogP contribution in [0.3, 0.4) is 0 Å². The molecule has 0 saturated heterocycles. The van der Waals surface area contributed by atoms with E-state index in [4.69, 9.17) is 4.98 Å². The van der Waals surface area contributed by atoms with Crippen molar-refractivity contribution in [1.29, 1.82) is 0 Å². The van der Waals surface area contributed by atoms with Crippen LogP contribution < -0.4 is 4.57 Å². The Morgan fingerprint density at radius 2 is 0.838 bits per heavy atom. The zero-order valence-corrected chi connectivity index (χ0v) is 40.6. The van der Waals surface area contributed by atoms with E-state index in [9.17, 15) is 0 Å². The SMILES string of the molecule is C[n+]1[c-]n(C2(c3[c-]c(C4(c5[c-]c(C6(c7cc(C(C)(C)C)ccn7)c7ccccc7-c7ccccc76)ccc5)c5ccccc5-c5ccccc54)ccc3)c3ccccc3-c3ccccc32)cc1.[Pt]. The minimum Gasteiger partial charge on any atom is -0.354 e. The van der Waals surface area contributed by atoms with E-state index in [0.29, 0.717) is 0 Å². The van der Waals surface area contributed by atoms with Gasteiger partial charge >= 0.3 is 0 Å². The normalized spacial score (nSPS) is 15.0. The van der Waals surface area contributed by atoms with E-state index in [1.807, 2.05) is 17.8 Å². The number of imidazole rings is 1. The Morgan fingerprint density at radius 3 is 1.28 bits per heavy atom. The summed E-state index contributed by atoms with van der Waals surface area (Å²) in [4.78, 5) is 5.35. The third kappa shape index (κ3) is 5.57. The molecule has 10 aromatic rings. The largest absolute Gasteiger partial charge is 0.354 e. The van der Waals surface area contributed by atoms with Crippen molar-refractivity contribution in [2.75, 3.05) is 0 Å². The molecule has 3 aliphatic carbocycles. The molecule has 0 amide bonds. The van der Waals surface area contributed by atoms with Crippen molar-refractivity contribution in [3.05, 3.63) is 298 Å². The van der Waals surface area contributed by atoms with Crippen LogP contribution in [0.4, 0.5) is 0 Å². The first-order valence-electron chi connectivity index (χ1n) is 23.4. The van der Waals surface area contributed by atoms with Crippen LogP contribution in [0.25, 0.3) is 33.4 Å². The van der Waals surface area contributed by atoms with Gasteiger partial charge in [-0.25, -0.2) is 0 Å². The molecule has 13 rings (SSSR count). The van der Waals surface area contributed by atoms with Crippen molar-refractivity contribution in [2.24, 2.45) is 7.05 Å². The van der Waals surface area contributed by atoms with Gasteiger partial charge in [0, 0.05) is 43.8 Å². The Labute approximate surface area is 413 Å². The zero-order valence-electron chi connectivity index (χ0n) is 38.4. The number of fused-ring (bicyclic) bond motifs is 9. The third-order valence-corrected chi connectivity index (χ3v) is 15.1. The average molecular weight is 1050 g/mol. The summed E-state index contributed by atoms with van der Waals surface area (Å²) in [5, 5.41) is 0. The molecule has 0 radical (unpaired) electrons. The van der Waals surface area contributed by atoms with Gasteiger partial charge in [-0.2, -0.15) is 48.5 Å². The minimum absolute atomic E-state index is 0. The summed E-state index contributed by atoms with van der Waals surface area (Å²) in [6.07, 6.45) is 9.94. The van der Waals surface area contributed by atoms with Crippen LogP contribution in [0.5, 0.6) is 0 Å². The van der Waals surface area contributed by atoms with Crippen LogP contribution in [0.1, 0.15) is 87.7 Å². The van der Waals surface area contributed by atoms with Gasteiger partial charge in [0.2, 0.25) is 6.33 Å². The van der Waals surface area contributed by atoms with Crippen LogP contribution >= 0.6 is 0 Å². The van der Waals surface area contributed by atoms with Crippen LogP contribution in [-0.4, -0.2) is 9.55 Å². The van der Waals surface area contributed by atoms with Crippen molar-refractivity contribution in [2.45, 2.75) is 42.6 Å². The Bertz CT molecular complexity index is 3490. The van der Waals surface area contributed by atoms with Gasteiger partial charge < -0.3 is 9.13 Å². The molecule has 0 fully saturated rings. The van der Waals surface area contributed by atoms with E-state index in [-0.39, 0.29) is 26.5 Å². The summed E-state index contributed by atoms with van der Waals surface area (Å²) in [6, 6.07) is 80.3. The van der Waals surface area contributed by atoms with Gasteiger partial charge in [-0.15, -0.1) is 22.3 Å². The van der Waals surface area contributed by atoms with Crippen molar-refractivity contribution in [1.82, 2.24) is 9.55 Å². The summed E-state index contributed by atoms with van der Waals surface area (Å²) in [5.41, 5.74) is 18.7. The molecule has 3 aliphatic rings. The summed E-state index contributed by atoms with van der Waals surface area (Å²) in [7, 11) is 2.05. The number of hydrogen-bond donors (Lipinski definition) is 0. The average Bonchev–Trinajstić information content (AvgIpc) is 4.11. The molecule has 4 heteroatoms. The molecule has 68 heavy (non-hydrogen) atoms. The van der Waals surface area contributed by atoms with E-state index in [1.54, 1.807) is 0 Å². The predicted octanol–water partition coefficient (Wildman–Crippen LogP) is 12.9. The van der Waals surface area contributed by atoms with E-state index in [1.165, 1.54) is 72.3 Å². The Kier molecular flexibility index (Phi) is 9.57. The molecule has 0 saturated carbocycles. The molecule has 0 unspecified atom stereocenters. The second kappa shape index (κ2) is 15.4. The van der Waals surface area contributed by atoms with Gasteiger partial charge in [-0.1, -0.05) is 166 Å². The number of pyridine rings is 1. The molecule has 0 aliphatic heterocycles. The molecule has 2 heterocycles. The van der Waals surface area contributed by atoms with E-state index >= 15 is 0 Å². The number of hydrogen-bond acceptors (Lipinski definition) is 1.